The van der Waals surface area contributed by atoms with Crippen LogP contribution in [0.1, 0.15) is 40.7 Å². The van der Waals surface area contributed by atoms with Crippen molar-refractivity contribution in [3.63, 3.8) is 0 Å². The van der Waals surface area contributed by atoms with Gasteiger partial charge in [0.25, 0.3) is 5.91 Å². The van der Waals surface area contributed by atoms with E-state index in [9.17, 15) is 9.59 Å². The van der Waals surface area contributed by atoms with Crippen LogP contribution in [-0.2, 0) is 4.79 Å². The normalized spacial score (nSPS) is 10.5. The van der Waals surface area contributed by atoms with Gasteiger partial charge in [0.15, 0.2) is 5.69 Å². The van der Waals surface area contributed by atoms with Gasteiger partial charge in [-0.3, -0.25) is 9.59 Å². The summed E-state index contributed by atoms with van der Waals surface area (Å²) in [4.78, 5) is 25.2. The maximum Gasteiger partial charge on any atom is 0.274 e. The SMILES string of the molecule is CCCNC(=O)CNC(=O)c1nn(-c2ccc(C)cc2C)nc1C. The average molecular weight is 329 g/mol. The lowest BCUT2D eigenvalue weighted by Gasteiger charge is -2.05. The third kappa shape index (κ3) is 4.18. The smallest absolute Gasteiger partial charge is 0.274 e. The average Bonchev–Trinajstić information content (AvgIpc) is 2.92. The van der Waals surface area contributed by atoms with E-state index < -0.39 is 5.91 Å². The summed E-state index contributed by atoms with van der Waals surface area (Å²) in [5.41, 5.74) is 3.73. The minimum absolute atomic E-state index is 0.0747. The van der Waals surface area contributed by atoms with E-state index in [1.165, 1.54) is 4.80 Å². The van der Waals surface area contributed by atoms with Crippen LogP contribution >= 0.6 is 0 Å². The molecule has 0 spiro atoms. The molecule has 2 aromatic rings. The zero-order valence-electron chi connectivity index (χ0n) is 14.5. The first-order valence-electron chi connectivity index (χ1n) is 7.98. The Kier molecular flexibility index (Phi) is 5.68. The highest BCUT2D eigenvalue weighted by molar-refractivity contribution is 5.95. The van der Waals surface area contributed by atoms with Crippen LogP contribution in [-0.4, -0.2) is 39.9 Å². The lowest BCUT2D eigenvalue weighted by atomic mass is 10.1. The van der Waals surface area contributed by atoms with Gasteiger partial charge in [0.05, 0.1) is 17.9 Å². The summed E-state index contributed by atoms with van der Waals surface area (Å²) in [5.74, 6) is -0.625. The van der Waals surface area contributed by atoms with Gasteiger partial charge in [0, 0.05) is 6.54 Å². The molecule has 0 aliphatic carbocycles. The lowest BCUT2D eigenvalue weighted by Crippen LogP contribution is -2.37. The summed E-state index contributed by atoms with van der Waals surface area (Å²) in [6.45, 7) is 8.19. The van der Waals surface area contributed by atoms with Crippen LogP contribution in [0, 0.1) is 20.8 Å². The predicted molar refractivity (Wildman–Crippen MR) is 91.2 cm³/mol. The van der Waals surface area contributed by atoms with Crippen molar-refractivity contribution in [1.29, 1.82) is 0 Å². The molecule has 0 aliphatic rings. The standard InChI is InChI=1S/C17H23N5O2/c1-5-8-18-15(23)10-19-17(24)16-13(4)20-22(21-16)14-7-6-11(2)9-12(14)3/h6-7,9H,5,8,10H2,1-4H3,(H,18,23)(H,19,24). The summed E-state index contributed by atoms with van der Waals surface area (Å²) in [7, 11) is 0. The number of amides is 2. The van der Waals surface area contributed by atoms with Crippen molar-refractivity contribution in [3.8, 4) is 5.69 Å². The van der Waals surface area contributed by atoms with Gasteiger partial charge in [-0.25, -0.2) is 0 Å². The van der Waals surface area contributed by atoms with Crippen molar-refractivity contribution < 1.29 is 9.59 Å². The summed E-state index contributed by atoms with van der Waals surface area (Å²) < 4.78 is 0. The van der Waals surface area contributed by atoms with Crippen LogP contribution < -0.4 is 10.6 Å². The zero-order chi connectivity index (χ0) is 17.7. The van der Waals surface area contributed by atoms with Crippen LogP contribution in [0.15, 0.2) is 18.2 Å². The highest BCUT2D eigenvalue weighted by Crippen LogP contribution is 2.15. The monoisotopic (exact) mass is 329 g/mol. The Balaban J connectivity index is 2.10. The molecule has 0 unspecified atom stereocenters. The van der Waals surface area contributed by atoms with Gasteiger partial charge in [-0.05, 0) is 38.8 Å². The number of hydrogen-bond donors (Lipinski definition) is 2. The molecule has 7 heteroatoms. The lowest BCUT2D eigenvalue weighted by molar-refractivity contribution is -0.120. The van der Waals surface area contributed by atoms with E-state index in [-0.39, 0.29) is 18.1 Å². The molecular formula is C17H23N5O2. The molecule has 2 rings (SSSR count). The molecule has 0 saturated heterocycles. The van der Waals surface area contributed by atoms with Gasteiger partial charge in [0.1, 0.15) is 0 Å². The molecule has 24 heavy (non-hydrogen) atoms. The summed E-state index contributed by atoms with van der Waals surface area (Å²) in [6, 6.07) is 5.93. The Bertz CT molecular complexity index is 751. The number of hydrogen-bond acceptors (Lipinski definition) is 4. The fourth-order valence-corrected chi connectivity index (χ4v) is 2.30. The number of benzene rings is 1. The van der Waals surface area contributed by atoms with Gasteiger partial charge in [0.2, 0.25) is 5.91 Å². The first kappa shape index (κ1) is 17.7. The molecule has 0 saturated carbocycles. The van der Waals surface area contributed by atoms with E-state index in [4.69, 9.17) is 0 Å². The molecule has 0 radical (unpaired) electrons. The van der Waals surface area contributed by atoms with Crippen molar-refractivity contribution in [3.05, 3.63) is 40.7 Å². The molecule has 7 nitrogen and oxygen atoms in total. The number of carbonyl (C=O) groups excluding carboxylic acids is 2. The number of aryl methyl sites for hydroxylation is 3. The zero-order valence-corrected chi connectivity index (χ0v) is 14.5. The quantitative estimate of drug-likeness (QED) is 0.839. The molecule has 0 bridgehead atoms. The van der Waals surface area contributed by atoms with Crippen LogP contribution in [0.4, 0.5) is 0 Å². The van der Waals surface area contributed by atoms with Crippen LogP contribution in [0.2, 0.25) is 0 Å². The molecule has 1 aromatic carbocycles. The minimum atomic E-state index is -0.407. The maximum atomic E-state index is 12.2. The maximum absolute atomic E-state index is 12.2. The largest absolute Gasteiger partial charge is 0.355 e. The highest BCUT2D eigenvalue weighted by Gasteiger charge is 2.17. The number of nitrogens with one attached hydrogen (secondary N) is 2. The van der Waals surface area contributed by atoms with Crippen molar-refractivity contribution in [2.45, 2.75) is 34.1 Å². The van der Waals surface area contributed by atoms with Crippen molar-refractivity contribution in [2.24, 2.45) is 0 Å². The molecule has 128 valence electrons. The van der Waals surface area contributed by atoms with Gasteiger partial charge in [-0.2, -0.15) is 9.90 Å². The summed E-state index contributed by atoms with van der Waals surface area (Å²) >= 11 is 0. The summed E-state index contributed by atoms with van der Waals surface area (Å²) in [6.07, 6.45) is 0.850. The Morgan fingerprint density at radius 1 is 1.12 bits per heavy atom. The minimum Gasteiger partial charge on any atom is -0.355 e. The van der Waals surface area contributed by atoms with E-state index in [1.807, 2.05) is 39.0 Å². The van der Waals surface area contributed by atoms with E-state index >= 15 is 0 Å². The number of carbonyl (C=O) groups is 2. The molecule has 2 N–H and O–H groups in total. The second-order valence-corrected chi connectivity index (χ2v) is 5.75. The van der Waals surface area contributed by atoms with Crippen LogP contribution in [0.5, 0.6) is 0 Å². The highest BCUT2D eigenvalue weighted by atomic mass is 16.2. The van der Waals surface area contributed by atoms with E-state index in [2.05, 4.69) is 20.8 Å². The Morgan fingerprint density at radius 2 is 1.88 bits per heavy atom. The first-order valence-corrected chi connectivity index (χ1v) is 7.98. The Hall–Kier alpha value is -2.70. The van der Waals surface area contributed by atoms with Gasteiger partial charge < -0.3 is 10.6 Å². The first-order chi connectivity index (χ1) is 11.4. The molecule has 2 amide bonds. The topological polar surface area (TPSA) is 88.9 Å². The van der Waals surface area contributed by atoms with Gasteiger partial charge in [-0.15, -0.1) is 5.10 Å². The van der Waals surface area contributed by atoms with E-state index in [0.717, 1.165) is 23.2 Å². The summed E-state index contributed by atoms with van der Waals surface area (Å²) in [5, 5.41) is 13.9. The molecule has 1 aromatic heterocycles. The van der Waals surface area contributed by atoms with Crippen molar-refractivity contribution in [2.75, 3.05) is 13.1 Å². The Morgan fingerprint density at radius 3 is 2.54 bits per heavy atom. The third-order valence-corrected chi connectivity index (χ3v) is 3.55. The molecule has 0 aliphatic heterocycles. The number of rotatable bonds is 6. The van der Waals surface area contributed by atoms with E-state index in [1.54, 1.807) is 6.92 Å². The third-order valence-electron chi connectivity index (χ3n) is 3.55. The molecule has 0 fully saturated rings. The fraction of sp³-hybridized carbons (Fsp3) is 0.412. The van der Waals surface area contributed by atoms with Crippen molar-refractivity contribution >= 4 is 11.8 Å². The van der Waals surface area contributed by atoms with Crippen LogP contribution in [0.25, 0.3) is 5.69 Å². The Labute approximate surface area is 141 Å². The van der Waals surface area contributed by atoms with Gasteiger partial charge in [-0.1, -0.05) is 24.6 Å². The molecule has 0 atom stereocenters. The second kappa shape index (κ2) is 7.72. The van der Waals surface area contributed by atoms with Crippen molar-refractivity contribution in [1.82, 2.24) is 25.6 Å². The molecular weight excluding hydrogens is 306 g/mol. The number of aromatic nitrogens is 3. The predicted octanol–water partition coefficient (Wildman–Crippen LogP) is 1.45. The fourth-order valence-electron chi connectivity index (χ4n) is 2.30. The molecule has 1 heterocycles. The van der Waals surface area contributed by atoms with Crippen LogP contribution in [0.3, 0.4) is 0 Å². The van der Waals surface area contributed by atoms with E-state index in [0.29, 0.717) is 12.2 Å². The second-order valence-electron chi connectivity index (χ2n) is 5.75. The van der Waals surface area contributed by atoms with Gasteiger partial charge >= 0.3 is 0 Å². The number of nitrogens with zero attached hydrogens (tertiary/aromatic N) is 3.